The SMILES string of the molecule is COC(=O)C(C=O)CCc1ccccc1Br. The molecule has 0 aliphatic carbocycles. The molecule has 16 heavy (non-hydrogen) atoms. The molecule has 0 bridgehead atoms. The van der Waals surface area contributed by atoms with E-state index in [1.165, 1.54) is 7.11 Å². The zero-order chi connectivity index (χ0) is 12.0. The van der Waals surface area contributed by atoms with Crippen LogP contribution in [0, 0.1) is 5.92 Å². The molecular formula is C12H13BrO3. The molecule has 0 amide bonds. The molecule has 0 aliphatic rings. The van der Waals surface area contributed by atoms with Gasteiger partial charge in [-0.25, -0.2) is 0 Å². The van der Waals surface area contributed by atoms with Crippen molar-refractivity contribution in [2.24, 2.45) is 5.92 Å². The van der Waals surface area contributed by atoms with Crippen LogP contribution in [0.4, 0.5) is 0 Å². The third kappa shape index (κ3) is 3.45. The molecule has 1 aromatic rings. The topological polar surface area (TPSA) is 43.4 Å². The Balaban J connectivity index is 2.60. The number of esters is 1. The summed E-state index contributed by atoms with van der Waals surface area (Å²) in [7, 11) is 1.29. The van der Waals surface area contributed by atoms with Gasteiger partial charge in [-0.15, -0.1) is 0 Å². The van der Waals surface area contributed by atoms with Crippen molar-refractivity contribution in [1.29, 1.82) is 0 Å². The van der Waals surface area contributed by atoms with Crippen LogP contribution in [0.15, 0.2) is 28.7 Å². The predicted octanol–water partition coefficient (Wildman–Crippen LogP) is 2.37. The number of aldehydes is 1. The summed E-state index contributed by atoms with van der Waals surface area (Å²) in [5.41, 5.74) is 1.08. The summed E-state index contributed by atoms with van der Waals surface area (Å²) in [6.07, 6.45) is 1.78. The Morgan fingerprint density at radius 3 is 2.75 bits per heavy atom. The highest BCUT2D eigenvalue weighted by Crippen LogP contribution is 2.19. The largest absolute Gasteiger partial charge is 0.468 e. The van der Waals surface area contributed by atoms with E-state index in [4.69, 9.17) is 0 Å². The first-order chi connectivity index (χ1) is 7.69. The van der Waals surface area contributed by atoms with Gasteiger partial charge in [-0.1, -0.05) is 34.1 Å². The second-order valence-electron chi connectivity index (χ2n) is 3.40. The summed E-state index contributed by atoms with van der Waals surface area (Å²) in [6.45, 7) is 0. The van der Waals surface area contributed by atoms with Crippen molar-refractivity contribution in [3.05, 3.63) is 34.3 Å². The number of ether oxygens (including phenoxy) is 1. The summed E-state index contributed by atoms with van der Waals surface area (Å²) in [5, 5.41) is 0. The lowest BCUT2D eigenvalue weighted by Gasteiger charge is -2.08. The molecule has 1 unspecified atom stereocenters. The molecule has 0 saturated heterocycles. The molecule has 0 spiro atoms. The fraction of sp³-hybridized carbons (Fsp3) is 0.333. The number of rotatable bonds is 5. The van der Waals surface area contributed by atoms with Crippen LogP contribution in [-0.2, 0) is 20.7 Å². The molecule has 0 aliphatic heterocycles. The lowest BCUT2D eigenvalue weighted by atomic mass is 10.0. The Bertz CT molecular complexity index is 376. The Kier molecular flexibility index (Phi) is 5.19. The summed E-state index contributed by atoms with van der Waals surface area (Å²) < 4.78 is 5.53. The van der Waals surface area contributed by atoms with Gasteiger partial charge in [0.2, 0.25) is 0 Å². The highest BCUT2D eigenvalue weighted by atomic mass is 79.9. The quantitative estimate of drug-likeness (QED) is 0.474. The van der Waals surface area contributed by atoms with Gasteiger partial charge in [-0.05, 0) is 24.5 Å². The normalized spacial score (nSPS) is 11.9. The van der Waals surface area contributed by atoms with E-state index in [1.807, 2.05) is 24.3 Å². The molecule has 0 saturated carbocycles. The Morgan fingerprint density at radius 1 is 1.50 bits per heavy atom. The average Bonchev–Trinajstić information content (AvgIpc) is 2.31. The van der Waals surface area contributed by atoms with Crippen LogP contribution in [0.3, 0.4) is 0 Å². The van der Waals surface area contributed by atoms with Crippen LogP contribution in [0.2, 0.25) is 0 Å². The van der Waals surface area contributed by atoms with Crippen LogP contribution < -0.4 is 0 Å². The van der Waals surface area contributed by atoms with Gasteiger partial charge in [0.25, 0.3) is 0 Å². The number of halogens is 1. The standard InChI is InChI=1S/C12H13BrO3/c1-16-12(15)10(8-14)7-6-9-4-2-3-5-11(9)13/h2-5,8,10H,6-7H2,1H3. The maximum atomic E-state index is 11.2. The fourth-order valence-corrected chi connectivity index (χ4v) is 1.89. The van der Waals surface area contributed by atoms with Gasteiger partial charge in [0.15, 0.2) is 0 Å². The number of hydrogen-bond acceptors (Lipinski definition) is 3. The van der Waals surface area contributed by atoms with Crippen molar-refractivity contribution in [1.82, 2.24) is 0 Å². The number of methoxy groups -OCH3 is 1. The minimum absolute atomic E-state index is 0.470. The van der Waals surface area contributed by atoms with Crippen molar-refractivity contribution in [3.8, 4) is 0 Å². The Morgan fingerprint density at radius 2 is 2.19 bits per heavy atom. The molecule has 0 aromatic heterocycles. The minimum atomic E-state index is -0.669. The first kappa shape index (κ1) is 12.9. The average molecular weight is 285 g/mol. The molecule has 0 fully saturated rings. The van der Waals surface area contributed by atoms with Crippen molar-refractivity contribution < 1.29 is 14.3 Å². The zero-order valence-corrected chi connectivity index (χ0v) is 10.6. The van der Waals surface area contributed by atoms with E-state index < -0.39 is 11.9 Å². The highest BCUT2D eigenvalue weighted by Gasteiger charge is 2.18. The summed E-state index contributed by atoms with van der Waals surface area (Å²) in [4.78, 5) is 21.9. The van der Waals surface area contributed by atoms with E-state index in [9.17, 15) is 9.59 Å². The van der Waals surface area contributed by atoms with Gasteiger partial charge in [0.05, 0.1) is 7.11 Å². The maximum absolute atomic E-state index is 11.2. The highest BCUT2D eigenvalue weighted by molar-refractivity contribution is 9.10. The van der Waals surface area contributed by atoms with E-state index in [0.717, 1.165) is 10.0 Å². The number of carbonyl (C=O) groups is 2. The summed E-state index contributed by atoms with van der Waals surface area (Å²) in [6, 6.07) is 7.74. The van der Waals surface area contributed by atoms with Crippen molar-refractivity contribution >= 4 is 28.2 Å². The zero-order valence-electron chi connectivity index (χ0n) is 8.98. The summed E-state index contributed by atoms with van der Waals surface area (Å²) >= 11 is 3.42. The molecule has 1 rings (SSSR count). The predicted molar refractivity (Wildman–Crippen MR) is 64.0 cm³/mol. The number of benzene rings is 1. The minimum Gasteiger partial charge on any atom is -0.468 e. The molecule has 0 radical (unpaired) electrons. The second kappa shape index (κ2) is 6.43. The van der Waals surface area contributed by atoms with E-state index in [0.29, 0.717) is 19.1 Å². The number of carbonyl (C=O) groups excluding carboxylic acids is 2. The van der Waals surface area contributed by atoms with Gasteiger partial charge in [-0.3, -0.25) is 4.79 Å². The fourth-order valence-electron chi connectivity index (χ4n) is 1.40. The van der Waals surface area contributed by atoms with Crippen molar-refractivity contribution in [2.75, 3.05) is 7.11 Å². The second-order valence-corrected chi connectivity index (χ2v) is 4.25. The first-order valence-corrected chi connectivity index (χ1v) is 5.75. The van der Waals surface area contributed by atoms with E-state index >= 15 is 0 Å². The molecule has 0 heterocycles. The van der Waals surface area contributed by atoms with Crippen molar-refractivity contribution in [3.63, 3.8) is 0 Å². The third-order valence-corrected chi connectivity index (χ3v) is 3.12. The van der Waals surface area contributed by atoms with E-state index in [-0.39, 0.29) is 0 Å². The van der Waals surface area contributed by atoms with Gasteiger partial charge in [0.1, 0.15) is 12.2 Å². The molecular weight excluding hydrogens is 272 g/mol. The smallest absolute Gasteiger partial charge is 0.315 e. The van der Waals surface area contributed by atoms with Crippen LogP contribution in [0.5, 0.6) is 0 Å². The number of hydrogen-bond donors (Lipinski definition) is 0. The van der Waals surface area contributed by atoms with Crippen LogP contribution >= 0.6 is 15.9 Å². The lowest BCUT2D eigenvalue weighted by Crippen LogP contribution is -2.18. The van der Waals surface area contributed by atoms with Crippen LogP contribution in [0.25, 0.3) is 0 Å². The molecule has 4 heteroatoms. The van der Waals surface area contributed by atoms with Gasteiger partial charge in [0, 0.05) is 4.47 Å². The Hall–Kier alpha value is -1.16. The van der Waals surface area contributed by atoms with Crippen molar-refractivity contribution in [2.45, 2.75) is 12.8 Å². The first-order valence-electron chi connectivity index (χ1n) is 4.95. The number of aryl methyl sites for hydroxylation is 1. The van der Waals surface area contributed by atoms with Gasteiger partial charge in [-0.2, -0.15) is 0 Å². The summed E-state index contributed by atoms with van der Waals surface area (Å²) in [5.74, 6) is -1.14. The van der Waals surface area contributed by atoms with E-state index in [2.05, 4.69) is 20.7 Å². The molecule has 3 nitrogen and oxygen atoms in total. The van der Waals surface area contributed by atoms with Gasteiger partial charge < -0.3 is 9.53 Å². The Labute approximate surface area is 103 Å². The molecule has 86 valence electrons. The molecule has 1 aromatic carbocycles. The van der Waals surface area contributed by atoms with Gasteiger partial charge >= 0.3 is 5.97 Å². The van der Waals surface area contributed by atoms with Crippen LogP contribution in [0.1, 0.15) is 12.0 Å². The monoisotopic (exact) mass is 284 g/mol. The molecule has 0 N–H and O–H groups in total. The van der Waals surface area contributed by atoms with E-state index in [1.54, 1.807) is 0 Å². The van der Waals surface area contributed by atoms with Crippen LogP contribution in [-0.4, -0.2) is 19.4 Å². The maximum Gasteiger partial charge on any atom is 0.315 e. The third-order valence-electron chi connectivity index (χ3n) is 2.35. The molecule has 1 atom stereocenters. The lowest BCUT2D eigenvalue weighted by molar-refractivity contribution is -0.147.